The van der Waals surface area contributed by atoms with Crippen LogP contribution >= 0.6 is 0 Å². The first-order chi connectivity index (χ1) is 12.5. The van der Waals surface area contributed by atoms with E-state index >= 15 is 0 Å². The van der Waals surface area contributed by atoms with Crippen molar-refractivity contribution < 1.29 is 19.0 Å². The Morgan fingerprint density at radius 3 is 2.81 bits per heavy atom. The maximum Gasteiger partial charge on any atom is 0.230 e. The Morgan fingerprint density at radius 2 is 2.12 bits per heavy atom. The molecule has 26 heavy (non-hydrogen) atoms. The van der Waals surface area contributed by atoms with E-state index in [1.807, 2.05) is 25.1 Å². The van der Waals surface area contributed by atoms with Gasteiger partial charge in [-0.25, -0.2) is 4.98 Å². The van der Waals surface area contributed by atoms with Crippen LogP contribution in [0.5, 0.6) is 11.5 Å². The van der Waals surface area contributed by atoms with E-state index in [0.717, 1.165) is 55.2 Å². The van der Waals surface area contributed by atoms with Crippen molar-refractivity contribution in [3.63, 3.8) is 0 Å². The minimum absolute atomic E-state index is 0.0330. The highest BCUT2D eigenvalue weighted by Crippen LogP contribution is 2.35. The normalized spacial score (nSPS) is 21.0. The molecule has 6 heteroatoms. The fraction of sp³-hybridized carbons (Fsp3) is 0.550. The molecule has 0 amide bonds. The van der Waals surface area contributed by atoms with Crippen LogP contribution < -0.4 is 9.47 Å². The minimum Gasteiger partial charge on any atom is -0.497 e. The van der Waals surface area contributed by atoms with E-state index < -0.39 is 0 Å². The van der Waals surface area contributed by atoms with Gasteiger partial charge in [0.15, 0.2) is 0 Å². The highest BCUT2D eigenvalue weighted by molar-refractivity contribution is 5.65. The fourth-order valence-electron chi connectivity index (χ4n) is 3.57. The molecule has 0 spiro atoms. The number of hydrogen-bond donors (Lipinski definition) is 1. The summed E-state index contributed by atoms with van der Waals surface area (Å²) in [6.07, 6.45) is 2.15. The van der Waals surface area contributed by atoms with Crippen molar-refractivity contribution in [2.24, 2.45) is 5.41 Å². The molecule has 1 atom stereocenters. The Morgan fingerprint density at radius 1 is 1.31 bits per heavy atom. The molecule has 0 radical (unpaired) electrons. The van der Waals surface area contributed by atoms with E-state index in [-0.39, 0.29) is 12.0 Å². The van der Waals surface area contributed by atoms with Crippen molar-refractivity contribution in [2.75, 3.05) is 33.9 Å². The molecule has 3 rings (SSSR count). The molecule has 0 bridgehead atoms. The summed E-state index contributed by atoms with van der Waals surface area (Å²) >= 11 is 0. The van der Waals surface area contributed by atoms with Crippen molar-refractivity contribution in [2.45, 2.75) is 33.2 Å². The number of aryl methyl sites for hydroxylation is 1. The monoisotopic (exact) mass is 360 g/mol. The minimum atomic E-state index is -0.0330. The maximum atomic E-state index is 9.66. The average Bonchev–Trinajstić information content (AvgIpc) is 3.01. The summed E-state index contributed by atoms with van der Waals surface area (Å²) < 4.78 is 16.7. The Labute approximate surface area is 154 Å². The zero-order valence-corrected chi connectivity index (χ0v) is 16.0. The Bertz CT molecular complexity index is 758. The van der Waals surface area contributed by atoms with Crippen LogP contribution in [0, 0.1) is 12.3 Å². The summed E-state index contributed by atoms with van der Waals surface area (Å²) in [6.45, 7) is 6.90. The number of piperidine rings is 1. The van der Waals surface area contributed by atoms with Gasteiger partial charge in [0.25, 0.3) is 0 Å². The molecule has 1 aliphatic heterocycles. The van der Waals surface area contributed by atoms with Crippen LogP contribution in [0.15, 0.2) is 22.6 Å². The fourth-order valence-corrected chi connectivity index (χ4v) is 3.57. The van der Waals surface area contributed by atoms with E-state index in [2.05, 4.69) is 11.8 Å². The lowest BCUT2D eigenvalue weighted by molar-refractivity contribution is 0.0422. The van der Waals surface area contributed by atoms with Gasteiger partial charge in [-0.05, 0) is 44.5 Å². The Balaban J connectivity index is 1.84. The lowest BCUT2D eigenvalue weighted by atomic mass is 9.83. The van der Waals surface area contributed by atoms with Crippen LogP contribution in [-0.4, -0.2) is 48.9 Å². The molecule has 0 saturated carbocycles. The molecule has 0 aliphatic carbocycles. The van der Waals surface area contributed by atoms with Gasteiger partial charge in [0.2, 0.25) is 5.89 Å². The van der Waals surface area contributed by atoms with Crippen LogP contribution in [0.1, 0.15) is 31.2 Å². The zero-order chi connectivity index (χ0) is 18.7. The second-order valence-corrected chi connectivity index (χ2v) is 7.37. The highest BCUT2D eigenvalue weighted by atomic mass is 16.5. The Hall–Kier alpha value is -2.05. The first kappa shape index (κ1) is 18.7. The summed E-state index contributed by atoms with van der Waals surface area (Å²) in [5, 5.41) is 9.66. The van der Waals surface area contributed by atoms with Gasteiger partial charge in [-0.2, -0.15) is 0 Å². The first-order valence-electron chi connectivity index (χ1n) is 9.00. The predicted octanol–water partition coefficient (Wildman–Crippen LogP) is 3.26. The smallest absolute Gasteiger partial charge is 0.230 e. The topological polar surface area (TPSA) is 68.0 Å². The number of oxazole rings is 1. The van der Waals surface area contributed by atoms with Crippen LogP contribution in [0.3, 0.4) is 0 Å². The van der Waals surface area contributed by atoms with Crippen molar-refractivity contribution in [3.8, 4) is 23.0 Å². The second-order valence-electron chi connectivity index (χ2n) is 7.37. The number of hydrogen-bond acceptors (Lipinski definition) is 6. The number of ether oxygens (including phenoxy) is 2. The van der Waals surface area contributed by atoms with E-state index in [4.69, 9.17) is 18.9 Å². The molecule has 0 unspecified atom stereocenters. The van der Waals surface area contributed by atoms with E-state index in [1.165, 1.54) is 0 Å². The molecule has 6 nitrogen and oxygen atoms in total. The summed E-state index contributed by atoms with van der Waals surface area (Å²) in [4.78, 5) is 7.07. The number of aliphatic hydroxyl groups is 1. The number of nitrogens with zero attached hydrogens (tertiary/aromatic N) is 2. The summed E-state index contributed by atoms with van der Waals surface area (Å²) in [7, 11) is 3.26. The van der Waals surface area contributed by atoms with Gasteiger partial charge in [0.1, 0.15) is 17.3 Å². The van der Waals surface area contributed by atoms with Crippen LogP contribution in [0.4, 0.5) is 0 Å². The summed E-state index contributed by atoms with van der Waals surface area (Å²) in [5.74, 6) is 2.77. The lowest BCUT2D eigenvalue weighted by Crippen LogP contribution is -2.43. The molecule has 1 aromatic carbocycles. The van der Waals surface area contributed by atoms with Gasteiger partial charge in [-0.15, -0.1) is 0 Å². The zero-order valence-electron chi connectivity index (χ0n) is 16.0. The van der Waals surface area contributed by atoms with Crippen molar-refractivity contribution >= 4 is 0 Å². The van der Waals surface area contributed by atoms with Crippen molar-refractivity contribution in [3.05, 3.63) is 29.7 Å². The summed E-state index contributed by atoms with van der Waals surface area (Å²) in [6, 6.07) is 5.57. The molecule has 142 valence electrons. The first-order valence-corrected chi connectivity index (χ1v) is 9.00. The average molecular weight is 360 g/mol. The molecule has 2 aromatic rings. The number of aliphatic hydroxyl groups excluding tert-OH is 1. The van der Waals surface area contributed by atoms with Crippen molar-refractivity contribution in [1.29, 1.82) is 0 Å². The molecule has 1 aromatic heterocycles. The van der Waals surface area contributed by atoms with Gasteiger partial charge in [-0.3, -0.25) is 4.90 Å². The van der Waals surface area contributed by atoms with Gasteiger partial charge in [0.05, 0.1) is 25.5 Å². The van der Waals surface area contributed by atoms with Crippen LogP contribution in [-0.2, 0) is 6.54 Å². The molecule has 2 heterocycles. The number of aromatic nitrogens is 1. The van der Waals surface area contributed by atoms with Crippen LogP contribution in [0.2, 0.25) is 0 Å². The number of methoxy groups -OCH3 is 2. The SMILES string of the molecule is COc1ccc(OC)c(-c2nc(CN3CCC[C@](C)(CO)C3)c(C)o2)c1. The van der Waals surface area contributed by atoms with Gasteiger partial charge < -0.3 is 19.0 Å². The number of likely N-dealkylation sites (tertiary alicyclic amines) is 1. The molecular formula is C20H28N2O4. The van der Waals surface area contributed by atoms with E-state index in [9.17, 15) is 5.11 Å². The van der Waals surface area contributed by atoms with Gasteiger partial charge in [0, 0.05) is 25.1 Å². The molecule has 1 aliphatic rings. The third-order valence-corrected chi connectivity index (χ3v) is 5.14. The molecular weight excluding hydrogens is 332 g/mol. The van der Waals surface area contributed by atoms with Gasteiger partial charge in [-0.1, -0.05) is 6.92 Å². The largest absolute Gasteiger partial charge is 0.497 e. The van der Waals surface area contributed by atoms with Gasteiger partial charge >= 0.3 is 0 Å². The standard InChI is InChI=1S/C20H28N2O4/c1-14-17(11-22-9-5-8-20(2,12-22)13-23)21-19(26-14)16-10-15(24-3)6-7-18(16)25-4/h6-7,10,23H,5,8-9,11-13H2,1-4H3/t20-/m0/s1. The van der Waals surface area contributed by atoms with E-state index in [1.54, 1.807) is 14.2 Å². The third-order valence-electron chi connectivity index (χ3n) is 5.14. The quantitative estimate of drug-likeness (QED) is 0.853. The third kappa shape index (κ3) is 3.86. The Kier molecular flexibility index (Phi) is 5.53. The maximum absolute atomic E-state index is 9.66. The predicted molar refractivity (Wildman–Crippen MR) is 99.5 cm³/mol. The number of benzene rings is 1. The second kappa shape index (κ2) is 7.68. The highest BCUT2D eigenvalue weighted by Gasteiger charge is 2.31. The van der Waals surface area contributed by atoms with E-state index in [0.29, 0.717) is 11.6 Å². The van der Waals surface area contributed by atoms with Crippen molar-refractivity contribution in [1.82, 2.24) is 9.88 Å². The summed E-state index contributed by atoms with van der Waals surface area (Å²) in [5.41, 5.74) is 1.67. The molecule has 1 N–H and O–H groups in total. The van der Waals surface area contributed by atoms with Crippen LogP contribution in [0.25, 0.3) is 11.5 Å². The molecule has 1 fully saturated rings. The lowest BCUT2D eigenvalue weighted by Gasteiger charge is -2.39. The molecule has 1 saturated heterocycles. The number of rotatable bonds is 6.